The van der Waals surface area contributed by atoms with E-state index >= 15 is 0 Å². The number of methoxy groups -OCH3 is 1. The molecule has 2 aliphatic heterocycles. The summed E-state index contributed by atoms with van der Waals surface area (Å²) in [5.74, 6) is -0.795. The maximum Gasteiger partial charge on any atom is 0.333 e. The van der Waals surface area contributed by atoms with E-state index in [4.69, 9.17) is 14.6 Å². The molecule has 2 aliphatic rings. The van der Waals surface area contributed by atoms with Crippen LogP contribution in [0.2, 0.25) is 0 Å². The third-order valence-corrected chi connectivity index (χ3v) is 5.93. The SMILES string of the molecule is COC(C(=O)O)C1CN(S(=O)(=O)c2ccc3c(c2)OCC3)C1. The Morgan fingerprint density at radius 3 is 2.82 bits per heavy atom. The predicted molar refractivity (Wildman–Crippen MR) is 76.3 cm³/mol. The average molecular weight is 327 g/mol. The largest absolute Gasteiger partial charge is 0.493 e. The van der Waals surface area contributed by atoms with Gasteiger partial charge in [0.05, 0.1) is 11.5 Å². The summed E-state index contributed by atoms with van der Waals surface area (Å²) in [7, 11) is -2.31. The number of hydrogen-bond donors (Lipinski definition) is 1. The van der Waals surface area contributed by atoms with Crippen LogP contribution in [0.3, 0.4) is 0 Å². The molecule has 0 amide bonds. The number of carboxylic acid groups (broad SMARTS) is 1. The minimum atomic E-state index is -3.62. The minimum Gasteiger partial charge on any atom is -0.493 e. The van der Waals surface area contributed by atoms with E-state index < -0.39 is 22.1 Å². The molecule has 1 N–H and O–H groups in total. The third-order valence-electron chi connectivity index (χ3n) is 4.11. The first-order chi connectivity index (χ1) is 10.4. The molecule has 120 valence electrons. The molecule has 3 rings (SSSR count). The van der Waals surface area contributed by atoms with Crippen molar-refractivity contribution in [2.45, 2.75) is 17.4 Å². The van der Waals surface area contributed by atoms with Gasteiger partial charge in [-0.1, -0.05) is 6.07 Å². The Bertz CT molecular complexity index is 695. The molecule has 1 aromatic rings. The average Bonchev–Trinajstić information content (AvgIpc) is 2.88. The molecule has 2 heterocycles. The second-order valence-electron chi connectivity index (χ2n) is 5.44. The Labute approximate surface area is 128 Å². The number of sulfonamides is 1. The molecule has 1 aromatic carbocycles. The van der Waals surface area contributed by atoms with Crippen LogP contribution in [-0.2, 0) is 26.0 Å². The highest BCUT2D eigenvalue weighted by Crippen LogP contribution is 2.32. The van der Waals surface area contributed by atoms with Gasteiger partial charge in [-0.15, -0.1) is 0 Å². The Morgan fingerprint density at radius 1 is 1.45 bits per heavy atom. The molecule has 0 aliphatic carbocycles. The summed E-state index contributed by atoms with van der Waals surface area (Å²) in [6.45, 7) is 0.856. The smallest absolute Gasteiger partial charge is 0.333 e. The van der Waals surface area contributed by atoms with Crippen molar-refractivity contribution in [3.05, 3.63) is 23.8 Å². The van der Waals surface area contributed by atoms with Crippen molar-refractivity contribution >= 4 is 16.0 Å². The Kier molecular flexibility index (Phi) is 3.84. The number of nitrogens with zero attached hydrogens (tertiary/aromatic N) is 1. The lowest BCUT2D eigenvalue weighted by molar-refractivity contribution is -0.154. The van der Waals surface area contributed by atoms with E-state index in [0.29, 0.717) is 12.4 Å². The standard InChI is InChI=1S/C14H17NO6S/c1-20-13(14(16)17)10-7-15(8-10)22(18,19)11-3-2-9-4-5-21-12(9)6-11/h2-3,6,10,13H,4-5,7-8H2,1H3,(H,16,17). The Balaban J connectivity index is 1.74. The van der Waals surface area contributed by atoms with Crippen molar-refractivity contribution < 1.29 is 27.8 Å². The van der Waals surface area contributed by atoms with Gasteiger partial charge in [-0.25, -0.2) is 13.2 Å². The molecule has 1 atom stereocenters. The molecule has 22 heavy (non-hydrogen) atoms. The van der Waals surface area contributed by atoms with E-state index in [0.717, 1.165) is 12.0 Å². The van der Waals surface area contributed by atoms with Gasteiger partial charge in [0.15, 0.2) is 6.10 Å². The van der Waals surface area contributed by atoms with Crippen LogP contribution >= 0.6 is 0 Å². The number of ether oxygens (including phenoxy) is 2. The molecule has 0 saturated carbocycles. The van der Waals surface area contributed by atoms with Crippen molar-refractivity contribution in [3.63, 3.8) is 0 Å². The molecule has 8 heteroatoms. The number of carboxylic acids is 1. The van der Waals surface area contributed by atoms with Crippen LogP contribution in [-0.4, -0.2) is 56.7 Å². The molecule has 0 radical (unpaired) electrons. The number of benzene rings is 1. The lowest BCUT2D eigenvalue weighted by Crippen LogP contribution is -2.56. The fourth-order valence-electron chi connectivity index (χ4n) is 2.81. The van der Waals surface area contributed by atoms with Gasteiger partial charge in [0, 0.05) is 38.6 Å². The summed E-state index contributed by atoms with van der Waals surface area (Å²) < 4.78 is 36.6. The number of fused-ring (bicyclic) bond motifs is 1. The van der Waals surface area contributed by atoms with Crippen molar-refractivity contribution in [1.82, 2.24) is 4.31 Å². The lowest BCUT2D eigenvalue weighted by Gasteiger charge is -2.40. The molecule has 0 bridgehead atoms. The second-order valence-corrected chi connectivity index (χ2v) is 7.38. The van der Waals surface area contributed by atoms with E-state index in [1.807, 2.05) is 0 Å². The zero-order valence-electron chi connectivity index (χ0n) is 12.1. The molecule has 0 aromatic heterocycles. The third kappa shape index (κ3) is 2.47. The zero-order chi connectivity index (χ0) is 15.9. The molecule has 7 nitrogen and oxygen atoms in total. The first-order valence-corrected chi connectivity index (χ1v) is 8.39. The van der Waals surface area contributed by atoms with E-state index in [1.54, 1.807) is 12.1 Å². The lowest BCUT2D eigenvalue weighted by atomic mass is 9.96. The van der Waals surface area contributed by atoms with Crippen LogP contribution in [0.25, 0.3) is 0 Å². The summed E-state index contributed by atoms with van der Waals surface area (Å²) in [6, 6.07) is 4.87. The number of rotatable bonds is 5. The summed E-state index contributed by atoms with van der Waals surface area (Å²) in [5.41, 5.74) is 1.01. The van der Waals surface area contributed by atoms with Crippen LogP contribution < -0.4 is 4.74 Å². The Morgan fingerprint density at radius 2 is 2.18 bits per heavy atom. The Hall–Kier alpha value is -1.64. The quantitative estimate of drug-likeness (QED) is 0.838. The number of hydrogen-bond acceptors (Lipinski definition) is 5. The highest BCUT2D eigenvalue weighted by molar-refractivity contribution is 7.89. The topological polar surface area (TPSA) is 93.1 Å². The van der Waals surface area contributed by atoms with Gasteiger partial charge in [-0.05, 0) is 11.6 Å². The fraction of sp³-hybridized carbons (Fsp3) is 0.500. The first kappa shape index (κ1) is 15.3. The van der Waals surface area contributed by atoms with Gasteiger partial charge in [0.1, 0.15) is 5.75 Å². The number of carbonyl (C=O) groups is 1. The van der Waals surface area contributed by atoms with Crippen LogP contribution in [0.5, 0.6) is 5.75 Å². The van der Waals surface area contributed by atoms with Gasteiger partial charge in [-0.2, -0.15) is 4.31 Å². The first-order valence-electron chi connectivity index (χ1n) is 6.95. The van der Waals surface area contributed by atoms with Gasteiger partial charge in [0.25, 0.3) is 0 Å². The summed E-state index contributed by atoms with van der Waals surface area (Å²) in [5, 5.41) is 9.01. The van der Waals surface area contributed by atoms with E-state index in [1.165, 1.54) is 17.5 Å². The van der Waals surface area contributed by atoms with Gasteiger partial charge in [-0.3, -0.25) is 0 Å². The minimum absolute atomic E-state index is 0.144. The molecule has 0 spiro atoms. The van der Waals surface area contributed by atoms with Crippen LogP contribution in [0.1, 0.15) is 5.56 Å². The van der Waals surface area contributed by atoms with Crippen molar-refractivity contribution in [2.75, 3.05) is 26.8 Å². The molecule has 1 unspecified atom stereocenters. The predicted octanol–water partition coefficient (Wildman–Crippen LogP) is 0.342. The van der Waals surface area contributed by atoms with Gasteiger partial charge >= 0.3 is 5.97 Å². The van der Waals surface area contributed by atoms with Crippen LogP contribution in [0.4, 0.5) is 0 Å². The summed E-state index contributed by atoms with van der Waals surface area (Å²) in [6.07, 6.45) is -0.190. The van der Waals surface area contributed by atoms with E-state index in [9.17, 15) is 13.2 Å². The van der Waals surface area contributed by atoms with Crippen molar-refractivity contribution in [1.29, 1.82) is 0 Å². The summed E-state index contributed by atoms with van der Waals surface area (Å²) >= 11 is 0. The molecular formula is C14H17NO6S. The second kappa shape index (κ2) is 5.53. The van der Waals surface area contributed by atoms with Gasteiger partial charge < -0.3 is 14.6 Å². The normalized spacial score (nSPS) is 20.0. The highest BCUT2D eigenvalue weighted by Gasteiger charge is 2.43. The van der Waals surface area contributed by atoms with Crippen molar-refractivity contribution in [3.8, 4) is 5.75 Å². The monoisotopic (exact) mass is 327 g/mol. The molecule has 1 fully saturated rings. The van der Waals surface area contributed by atoms with Crippen LogP contribution in [0, 0.1) is 5.92 Å². The van der Waals surface area contributed by atoms with E-state index in [-0.39, 0.29) is 23.9 Å². The molecule has 1 saturated heterocycles. The maximum atomic E-state index is 12.5. The highest BCUT2D eigenvalue weighted by atomic mass is 32.2. The number of aliphatic carboxylic acids is 1. The summed E-state index contributed by atoms with van der Waals surface area (Å²) in [4.78, 5) is 11.2. The zero-order valence-corrected chi connectivity index (χ0v) is 12.9. The van der Waals surface area contributed by atoms with Crippen molar-refractivity contribution in [2.24, 2.45) is 5.92 Å². The van der Waals surface area contributed by atoms with Crippen LogP contribution in [0.15, 0.2) is 23.1 Å². The molecular weight excluding hydrogens is 310 g/mol. The van der Waals surface area contributed by atoms with Gasteiger partial charge in [0.2, 0.25) is 10.0 Å². The fourth-order valence-corrected chi connectivity index (χ4v) is 4.38. The maximum absolute atomic E-state index is 12.5. The van der Waals surface area contributed by atoms with E-state index in [2.05, 4.69) is 0 Å².